The number of hydrogen-bond acceptors (Lipinski definition) is 2. The fourth-order valence-electron chi connectivity index (χ4n) is 1.91. The molecule has 2 heteroatoms. The van der Waals surface area contributed by atoms with Crippen LogP contribution in [0.1, 0.15) is 57.6 Å². The number of rotatable bonds is 5. The molecule has 2 N–H and O–H groups in total. The molecule has 100 valence electrons. The molecule has 0 spiro atoms. The smallest absolute Gasteiger partial charge is 0.0767 e. The van der Waals surface area contributed by atoms with Gasteiger partial charge in [0.2, 0.25) is 0 Å². The lowest BCUT2D eigenvalue weighted by Crippen LogP contribution is -2.55. The third-order valence-electron chi connectivity index (χ3n) is 4.26. The molecule has 0 saturated heterocycles. The lowest BCUT2D eigenvalue weighted by molar-refractivity contribution is -0.00531. The molecule has 0 amide bonds. The van der Waals surface area contributed by atoms with Gasteiger partial charge in [0, 0.05) is 12.1 Å². The Morgan fingerprint density at radius 3 is 2.44 bits per heavy atom. The van der Waals surface area contributed by atoms with Crippen LogP contribution in [0.3, 0.4) is 0 Å². The molecule has 0 aromatic heterocycles. The maximum absolute atomic E-state index is 10.1. The molecule has 1 saturated carbocycles. The van der Waals surface area contributed by atoms with Gasteiger partial charge in [-0.05, 0) is 57.6 Å². The Morgan fingerprint density at radius 1 is 1.22 bits per heavy atom. The second kappa shape index (κ2) is 4.67. The normalized spacial score (nSPS) is 16.9. The van der Waals surface area contributed by atoms with Crippen molar-refractivity contribution in [3.8, 4) is 0 Å². The monoisotopic (exact) mass is 247 g/mol. The first-order valence-corrected chi connectivity index (χ1v) is 6.86. The van der Waals surface area contributed by atoms with Crippen LogP contribution in [0.25, 0.3) is 0 Å². The van der Waals surface area contributed by atoms with Gasteiger partial charge in [0.1, 0.15) is 0 Å². The molecule has 0 atom stereocenters. The molecule has 1 fully saturated rings. The molecule has 1 aliphatic rings. The zero-order valence-corrected chi connectivity index (χ0v) is 12.0. The molecule has 0 aliphatic heterocycles. The van der Waals surface area contributed by atoms with Crippen molar-refractivity contribution in [1.82, 2.24) is 5.32 Å². The second-order valence-corrected chi connectivity index (χ2v) is 6.56. The number of benzene rings is 1. The molecule has 0 unspecified atom stereocenters. The maximum Gasteiger partial charge on any atom is 0.0767 e. The first kappa shape index (κ1) is 13.6. The van der Waals surface area contributed by atoms with Crippen molar-refractivity contribution < 1.29 is 5.11 Å². The summed E-state index contributed by atoms with van der Waals surface area (Å²) in [6.45, 7) is 8.58. The van der Waals surface area contributed by atoms with Gasteiger partial charge in [0.05, 0.1) is 5.60 Å². The highest BCUT2D eigenvalue weighted by atomic mass is 16.3. The van der Waals surface area contributed by atoms with E-state index in [-0.39, 0.29) is 5.54 Å². The molecule has 1 aromatic rings. The molecule has 0 radical (unpaired) electrons. The van der Waals surface area contributed by atoms with Gasteiger partial charge in [0.25, 0.3) is 0 Å². The fourth-order valence-corrected chi connectivity index (χ4v) is 1.91. The molecular formula is C16H25NO. The Labute approximate surface area is 110 Å². The summed E-state index contributed by atoms with van der Waals surface area (Å²) in [4.78, 5) is 0. The quantitative estimate of drug-likeness (QED) is 0.837. The first-order valence-electron chi connectivity index (χ1n) is 6.86. The number of hydrogen-bond donors (Lipinski definition) is 2. The SMILES string of the molecule is CC(C)(O)C(C)(C)NCc1cccc(C2CC2)c1. The lowest BCUT2D eigenvalue weighted by Gasteiger charge is -2.38. The topological polar surface area (TPSA) is 32.3 Å². The van der Waals surface area contributed by atoms with Crippen molar-refractivity contribution in [2.24, 2.45) is 0 Å². The zero-order valence-electron chi connectivity index (χ0n) is 12.0. The van der Waals surface area contributed by atoms with E-state index in [1.54, 1.807) is 0 Å². The molecule has 1 aromatic carbocycles. The van der Waals surface area contributed by atoms with Gasteiger partial charge in [-0.25, -0.2) is 0 Å². The van der Waals surface area contributed by atoms with Gasteiger partial charge in [0.15, 0.2) is 0 Å². The van der Waals surface area contributed by atoms with Crippen LogP contribution in [0, 0.1) is 0 Å². The third kappa shape index (κ3) is 3.12. The zero-order chi connectivity index (χ0) is 13.4. The molecule has 2 rings (SSSR count). The summed E-state index contributed by atoms with van der Waals surface area (Å²) in [7, 11) is 0. The van der Waals surface area contributed by atoms with E-state index in [1.165, 1.54) is 24.0 Å². The minimum Gasteiger partial charge on any atom is -0.389 e. The molecule has 0 bridgehead atoms. The summed E-state index contributed by atoms with van der Waals surface area (Å²) >= 11 is 0. The van der Waals surface area contributed by atoms with E-state index in [9.17, 15) is 5.11 Å². The Hall–Kier alpha value is -0.860. The Morgan fingerprint density at radius 2 is 1.89 bits per heavy atom. The highest BCUT2D eigenvalue weighted by Gasteiger charge is 2.34. The highest BCUT2D eigenvalue weighted by molar-refractivity contribution is 5.29. The van der Waals surface area contributed by atoms with Gasteiger partial charge in [-0.1, -0.05) is 24.3 Å². The predicted octanol–water partition coefficient (Wildman–Crippen LogP) is 3.20. The van der Waals surface area contributed by atoms with E-state index < -0.39 is 5.60 Å². The summed E-state index contributed by atoms with van der Waals surface area (Å²) < 4.78 is 0. The highest BCUT2D eigenvalue weighted by Crippen LogP contribution is 2.40. The van der Waals surface area contributed by atoms with E-state index in [4.69, 9.17) is 0 Å². The summed E-state index contributed by atoms with van der Waals surface area (Å²) in [5, 5.41) is 13.6. The Kier molecular flexibility index (Phi) is 3.52. The van der Waals surface area contributed by atoms with Gasteiger partial charge >= 0.3 is 0 Å². The van der Waals surface area contributed by atoms with Crippen molar-refractivity contribution in [3.63, 3.8) is 0 Å². The van der Waals surface area contributed by atoms with Crippen LogP contribution >= 0.6 is 0 Å². The van der Waals surface area contributed by atoms with Gasteiger partial charge in [-0.15, -0.1) is 0 Å². The van der Waals surface area contributed by atoms with Crippen molar-refractivity contribution >= 4 is 0 Å². The van der Waals surface area contributed by atoms with Gasteiger partial charge in [-0.3, -0.25) is 0 Å². The van der Waals surface area contributed by atoms with Crippen LogP contribution in [0.15, 0.2) is 24.3 Å². The Bertz CT molecular complexity index is 413. The average molecular weight is 247 g/mol. The van der Waals surface area contributed by atoms with Crippen LogP contribution in [0.4, 0.5) is 0 Å². The summed E-state index contributed by atoms with van der Waals surface area (Å²) in [6.07, 6.45) is 2.68. The van der Waals surface area contributed by atoms with E-state index in [0.717, 1.165) is 12.5 Å². The van der Waals surface area contributed by atoms with Crippen molar-refractivity contribution in [2.45, 2.75) is 64.1 Å². The third-order valence-corrected chi connectivity index (χ3v) is 4.26. The lowest BCUT2D eigenvalue weighted by atomic mass is 9.86. The maximum atomic E-state index is 10.1. The van der Waals surface area contributed by atoms with Crippen LogP contribution < -0.4 is 5.32 Å². The predicted molar refractivity (Wildman–Crippen MR) is 75.6 cm³/mol. The molecule has 0 heterocycles. The van der Waals surface area contributed by atoms with Crippen LogP contribution in [0.5, 0.6) is 0 Å². The molecule has 18 heavy (non-hydrogen) atoms. The van der Waals surface area contributed by atoms with Crippen molar-refractivity contribution in [2.75, 3.05) is 0 Å². The van der Waals surface area contributed by atoms with Crippen molar-refractivity contribution in [3.05, 3.63) is 35.4 Å². The largest absolute Gasteiger partial charge is 0.389 e. The summed E-state index contributed by atoms with van der Waals surface area (Å²) in [5.74, 6) is 0.798. The fraction of sp³-hybridized carbons (Fsp3) is 0.625. The second-order valence-electron chi connectivity index (χ2n) is 6.56. The van der Waals surface area contributed by atoms with Crippen LogP contribution in [-0.2, 0) is 6.54 Å². The van der Waals surface area contributed by atoms with Crippen LogP contribution in [0.2, 0.25) is 0 Å². The van der Waals surface area contributed by atoms with E-state index in [0.29, 0.717) is 0 Å². The van der Waals surface area contributed by atoms with Gasteiger partial charge < -0.3 is 10.4 Å². The summed E-state index contributed by atoms with van der Waals surface area (Å²) in [6, 6.07) is 8.81. The Balaban J connectivity index is 1.99. The summed E-state index contributed by atoms with van der Waals surface area (Å²) in [5.41, 5.74) is 1.73. The minimum absolute atomic E-state index is 0.303. The number of nitrogens with one attached hydrogen (secondary N) is 1. The minimum atomic E-state index is -0.735. The van der Waals surface area contributed by atoms with Gasteiger partial charge in [-0.2, -0.15) is 0 Å². The molecule has 1 aliphatic carbocycles. The van der Waals surface area contributed by atoms with Crippen molar-refractivity contribution in [1.29, 1.82) is 0 Å². The molecule has 2 nitrogen and oxygen atoms in total. The number of aliphatic hydroxyl groups is 1. The van der Waals surface area contributed by atoms with E-state index in [1.807, 2.05) is 27.7 Å². The standard InChI is InChI=1S/C16H25NO/c1-15(2,16(3,4)18)17-11-12-6-5-7-14(10-12)13-8-9-13/h5-7,10,13,17-18H,8-9,11H2,1-4H3. The van der Waals surface area contributed by atoms with E-state index in [2.05, 4.69) is 29.6 Å². The first-order chi connectivity index (χ1) is 8.29. The average Bonchev–Trinajstić information content (AvgIpc) is 3.09. The molecular weight excluding hydrogens is 222 g/mol. The van der Waals surface area contributed by atoms with E-state index >= 15 is 0 Å². The van der Waals surface area contributed by atoms with Crippen LogP contribution in [-0.4, -0.2) is 16.2 Å².